The van der Waals surface area contributed by atoms with Crippen LogP contribution < -0.4 is 5.32 Å². The van der Waals surface area contributed by atoms with Gasteiger partial charge in [0.25, 0.3) is 6.43 Å². The maximum atomic E-state index is 13.1. The fraction of sp³-hybridized carbons (Fsp3) is 0.400. The Bertz CT molecular complexity index is 875. The smallest absolute Gasteiger partial charge is 0.280 e. The Morgan fingerprint density at radius 1 is 1.22 bits per heavy atom. The van der Waals surface area contributed by atoms with Gasteiger partial charge in [-0.1, -0.05) is 6.07 Å². The number of piperidine rings is 1. The van der Waals surface area contributed by atoms with Crippen LogP contribution in [0, 0.1) is 0 Å². The van der Waals surface area contributed by atoms with E-state index in [0.29, 0.717) is 19.5 Å². The molecule has 3 heterocycles. The van der Waals surface area contributed by atoms with Gasteiger partial charge < -0.3 is 10.5 Å². The highest BCUT2D eigenvalue weighted by Crippen LogP contribution is 2.34. The number of hydrogen-bond donors (Lipinski definition) is 2. The number of alkyl halides is 2. The van der Waals surface area contributed by atoms with Gasteiger partial charge in [0.2, 0.25) is 0 Å². The van der Waals surface area contributed by atoms with Crippen LogP contribution in [0.3, 0.4) is 0 Å². The fourth-order valence-electron chi connectivity index (χ4n) is 3.74. The summed E-state index contributed by atoms with van der Waals surface area (Å²) in [7, 11) is 0. The number of hydrogen-bond acceptors (Lipinski definition) is 5. The summed E-state index contributed by atoms with van der Waals surface area (Å²) in [5.74, 6) is -0.121. The summed E-state index contributed by atoms with van der Waals surface area (Å²) < 4.78 is 26.1. The summed E-state index contributed by atoms with van der Waals surface area (Å²) >= 11 is 0. The number of pyridine rings is 1. The molecule has 2 aromatic rings. The molecule has 4 rings (SSSR count). The molecule has 2 aliphatic rings. The standard InChI is InChI=1S/C20H22F2N4O/c21-20(22)19-10-13(2-6-24-19)15-9-14-1-5-23-12-17(14)18(11-15)25-16-3-7-26(27)8-4-16/h1,5-6,9-13,16,20,25,27H,2-4,7-8H2. The summed E-state index contributed by atoms with van der Waals surface area (Å²) in [5.41, 5.74) is 1.78. The van der Waals surface area contributed by atoms with Crippen molar-refractivity contribution in [1.29, 1.82) is 0 Å². The number of allylic oxidation sites excluding steroid dienone is 2. The number of fused-ring (bicyclic) bond motifs is 1. The Morgan fingerprint density at radius 2 is 2.04 bits per heavy atom. The predicted molar refractivity (Wildman–Crippen MR) is 102 cm³/mol. The zero-order chi connectivity index (χ0) is 18.8. The number of rotatable bonds is 4. The van der Waals surface area contributed by atoms with Crippen LogP contribution in [-0.2, 0) is 0 Å². The maximum Gasteiger partial charge on any atom is 0.280 e. The van der Waals surface area contributed by atoms with E-state index < -0.39 is 6.43 Å². The van der Waals surface area contributed by atoms with Crippen molar-refractivity contribution in [3.63, 3.8) is 0 Å². The van der Waals surface area contributed by atoms with Gasteiger partial charge >= 0.3 is 0 Å². The van der Waals surface area contributed by atoms with Gasteiger partial charge in [0.1, 0.15) is 5.70 Å². The molecule has 0 saturated carbocycles. The minimum absolute atomic E-state index is 0.121. The average molecular weight is 372 g/mol. The van der Waals surface area contributed by atoms with E-state index >= 15 is 0 Å². The molecule has 1 fully saturated rings. The second-order valence-corrected chi connectivity index (χ2v) is 7.08. The van der Waals surface area contributed by atoms with Gasteiger partial charge in [-0.15, -0.1) is 0 Å². The highest BCUT2D eigenvalue weighted by Gasteiger charge is 2.21. The molecule has 0 bridgehead atoms. The third kappa shape index (κ3) is 3.99. The molecule has 1 aromatic heterocycles. The first-order chi connectivity index (χ1) is 13.1. The highest BCUT2D eigenvalue weighted by atomic mass is 19.3. The van der Waals surface area contributed by atoms with Gasteiger partial charge in [0.15, 0.2) is 0 Å². The summed E-state index contributed by atoms with van der Waals surface area (Å²) in [5, 5.41) is 16.5. The lowest BCUT2D eigenvalue weighted by Gasteiger charge is -2.29. The normalized spacial score (nSPS) is 21.6. The number of hydroxylamine groups is 2. The van der Waals surface area contributed by atoms with Crippen LogP contribution in [0.5, 0.6) is 0 Å². The average Bonchev–Trinajstić information content (AvgIpc) is 2.69. The number of anilines is 1. The molecule has 0 aliphatic carbocycles. The third-order valence-electron chi connectivity index (χ3n) is 5.23. The molecule has 1 atom stereocenters. The van der Waals surface area contributed by atoms with Crippen LogP contribution in [0.4, 0.5) is 14.5 Å². The van der Waals surface area contributed by atoms with Crippen molar-refractivity contribution in [2.75, 3.05) is 18.4 Å². The second-order valence-electron chi connectivity index (χ2n) is 7.08. The minimum atomic E-state index is -2.56. The molecule has 2 aliphatic heterocycles. The van der Waals surface area contributed by atoms with Crippen LogP contribution in [-0.4, -0.2) is 47.0 Å². The van der Waals surface area contributed by atoms with E-state index in [-0.39, 0.29) is 17.7 Å². The highest BCUT2D eigenvalue weighted by molar-refractivity contribution is 5.94. The van der Waals surface area contributed by atoms with Crippen molar-refractivity contribution >= 4 is 22.7 Å². The lowest BCUT2D eigenvalue weighted by molar-refractivity contribution is -0.105. The molecular formula is C20H22F2N4O. The number of aromatic nitrogens is 1. The molecule has 1 saturated heterocycles. The predicted octanol–water partition coefficient (Wildman–Crippen LogP) is 4.21. The van der Waals surface area contributed by atoms with Crippen molar-refractivity contribution in [2.45, 2.75) is 37.6 Å². The first-order valence-electron chi connectivity index (χ1n) is 9.20. The van der Waals surface area contributed by atoms with Crippen LogP contribution in [0.1, 0.15) is 30.7 Å². The van der Waals surface area contributed by atoms with Crippen molar-refractivity contribution < 1.29 is 14.0 Å². The zero-order valence-electron chi connectivity index (χ0n) is 14.9. The largest absolute Gasteiger partial charge is 0.382 e. The van der Waals surface area contributed by atoms with Gasteiger partial charge in [0, 0.05) is 54.7 Å². The Kier molecular flexibility index (Phi) is 5.13. The van der Waals surface area contributed by atoms with Gasteiger partial charge in [-0.2, -0.15) is 5.06 Å². The summed E-state index contributed by atoms with van der Waals surface area (Å²) in [6.45, 7) is 1.26. The molecule has 0 spiro atoms. The van der Waals surface area contributed by atoms with E-state index in [1.54, 1.807) is 18.5 Å². The molecule has 0 radical (unpaired) electrons. The molecule has 1 unspecified atom stereocenters. The topological polar surface area (TPSA) is 60.8 Å². The van der Waals surface area contributed by atoms with Crippen molar-refractivity contribution in [3.05, 3.63) is 47.9 Å². The molecule has 7 heteroatoms. The first-order valence-corrected chi connectivity index (χ1v) is 9.20. The minimum Gasteiger partial charge on any atom is -0.382 e. The monoisotopic (exact) mass is 372 g/mol. The van der Waals surface area contributed by atoms with E-state index in [1.807, 2.05) is 24.4 Å². The van der Waals surface area contributed by atoms with E-state index in [4.69, 9.17) is 0 Å². The van der Waals surface area contributed by atoms with E-state index in [0.717, 1.165) is 34.9 Å². The molecule has 2 N–H and O–H groups in total. The maximum absolute atomic E-state index is 13.1. The van der Waals surface area contributed by atoms with E-state index in [2.05, 4.69) is 15.3 Å². The Hall–Kier alpha value is -2.38. The SMILES string of the molecule is ON1CCC(Nc2cc(C3C=C(C(F)F)N=CC3)cc3ccncc23)CC1. The number of halogens is 2. The molecule has 27 heavy (non-hydrogen) atoms. The van der Waals surface area contributed by atoms with E-state index in [9.17, 15) is 14.0 Å². The quantitative estimate of drug-likeness (QED) is 0.844. The van der Waals surface area contributed by atoms with Crippen LogP contribution >= 0.6 is 0 Å². The Morgan fingerprint density at radius 3 is 2.81 bits per heavy atom. The van der Waals surface area contributed by atoms with Crippen LogP contribution in [0.15, 0.2) is 47.4 Å². The Labute approximate surface area is 156 Å². The van der Waals surface area contributed by atoms with Gasteiger partial charge in [-0.05, 0) is 48.4 Å². The molecular weight excluding hydrogens is 350 g/mol. The van der Waals surface area contributed by atoms with Gasteiger partial charge in [-0.25, -0.2) is 8.78 Å². The lowest BCUT2D eigenvalue weighted by Crippen LogP contribution is -2.37. The molecule has 0 amide bonds. The molecule has 142 valence electrons. The summed E-state index contributed by atoms with van der Waals surface area (Å²) in [6.07, 6.45) is 6.44. The molecule has 1 aromatic carbocycles. The van der Waals surface area contributed by atoms with Crippen molar-refractivity contribution in [3.8, 4) is 0 Å². The van der Waals surface area contributed by atoms with E-state index in [1.165, 1.54) is 5.06 Å². The zero-order valence-corrected chi connectivity index (χ0v) is 14.9. The molecule has 5 nitrogen and oxygen atoms in total. The van der Waals surface area contributed by atoms with Crippen LogP contribution in [0.25, 0.3) is 10.8 Å². The number of aliphatic imine (C=N–C) groups is 1. The Balaban J connectivity index is 1.67. The third-order valence-corrected chi connectivity index (χ3v) is 5.23. The van der Waals surface area contributed by atoms with Crippen molar-refractivity contribution in [1.82, 2.24) is 10.0 Å². The summed E-state index contributed by atoms with van der Waals surface area (Å²) in [4.78, 5) is 8.06. The van der Waals surface area contributed by atoms with Crippen LogP contribution in [0.2, 0.25) is 0 Å². The van der Waals surface area contributed by atoms with Gasteiger partial charge in [-0.3, -0.25) is 9.98 Å². The number of nitrogens with one attached hydrogen (secondary N) is 1. The van der Waals surface area contributed by atoms with Gasteiger partial charge in [0.05, 0.1) is 0 Å². The first kappa shape index (κ1) is 18.0. The fourth-order valence-corrected chi connectivity index (χ4v) is 3.74. The number of benzene rings is 1. The number of nitrogens with zero attached hydrogens (tertiary/aromatic N) is 3. The summed E-state index contributed by atoms with van der Waals surface area (Å²) in [6, 6.07) is 6.28. The lowest BCUT2D eigenvalue weighted by atomic mass is 9.91. The van der Waals surface area contributed by atoms with Crippen molar-refractivity contribution in [2.24, 2.45) is 4.99 Å². The second kappa shape index (κ2) is 7.70.